The first-order chi connectivity index (χ1) is 12.1. The first-order valence-electron chi connectivity index (χ1n) is 7.48. The Hall–Kier alpha value is -2.87. The van der Waals surface area contributed by atoms with Crippen LogP contribution in [0.15, 0.2) is 52.0 Å². The van der Waals surface area contributed by atoms with Crippen molar-refractivity contribution in [2.24, 2.45) is 0 Å². The molecule has 0 spiro atoms. The highest BCUT2D eigenvalue weighted by molar-refractivity contribution is 7.99. The second-order valence-electron chi connectivity index (χ2n) is 5.15. The number of aromatic nitrogens is 3. The van der Waals surface area contributed by atoms with Gasteiger partial charge in [-0.3, -0.25) is 4.79 Å². The van der Waals surface area contributed by atoms with E-state index in [1.54, 1.807) is 20.1 Å². The van der Waals surface area contributed by atoms with Crippen molar-refractivity contribution >= 4 is 23.5 Å². The molecule has 1 amide bonds. The first kappa shape index (κ1) is 17.0. The van der Waals surface area contributed by atoms with Gasteiger partial charge in [0.2, 0.25) is 5.91 Å². The fraction of sp³-hybridized carbons (Fsp3) is 0.176. The molecule has 7 nitrogen and oxygen atoms in total. The van der Waals surface area contributed by atoms with Crippen LogP contribution < -0.4 is 10.1 Å². The van der Waals surface area contributed by atoms with Crippen molar-refractivity contribution in [2.75, 3.05) is 18.2 Å². The molecule has 0 radical (unpaired) electrons. The molecule has 0 unspecified atom stereocenters. The molecule has 0 fully saturated rings. The molecule has 1 aromatic carbocycles. The number of nitrogens with zero attached hydrogens (tertiary/aromatic N) is 3. The van der Waals surface area contributed by atoms with E-state index < -0.39 is 0 Å². The zero-order chi connectivity index (χ0) is 17.6. The summed E-state index contributed by atoms with van der Waals surface area (Å²) in [5.74, 6) is 1.83. The molecule has 0 saturated heterocycles. The van der Waals surface area contributed by atoms with Crippen molar-refractivity contribution in [2.45, 2.75) is 11.9 Å². The van der Waals surface area contributed by atoms with Crippen LogP contribution in [-0.2, 0) is 4.79 Å². The maximum absolute atomic E-state index is 11.9. The molecule has 8 heteroatoms. The van der Waals surface area contributed by atoms with Gasteiger partial charge in [-0.05, 0) is 31.2 Å². The van der Waals surface area contributed by atoms with Crippen molar-refractivity contribution in [3.05, 3.63) is 48.2 Å². The van der Waals surface area contributed by atoms with Crippen molar-refractivity contribution < 1.29 is 14.1 Å². The Morgan fingerprint density at radius 3 is 2.80 bits per heavy atom. The van der Waals surface area contributed by atoms with E-state index in [2.05, 4.69) is 20.7 Å². The smallest absolute Gasteiger partial charge is 0.236 e. The highest BCUT2D eigenvalue weighted by atomic mass is 32.2. The molecular weight excluding hydrogens is 340 g/mol. The Bertz CT molecular complexity index is 864. The number of hydrogen-bond acceptors (Lipinski definition) is 7. The number of ether oxygens (including phenoxy) is 1. The van der Waals surface area contributed by atoms with Gasteiger partial charge < -0.3 is 14.6 Å². The van der Waals surface area contributed by atoms with Crippen molar-refractivity contribution in [3.8, 4) is 17.0 Å². The lowest BCUT2D eigenvalue weighted by Crippen LogP contribution is -2.14. The van der Waals surface area contributed by atoms with Crippen LogP contribution in [0.5, 0.6) is 5.75 Å². The summed E-state index contributed by atoms with van der Waals surface area (Å²) >= 11 is 1.30. The van der Waals surface area contributed by atoms with E-state index in [-0.39, 0.29) is 11.7 Å². The minimum absolute atomic E-state index is 0.183. The normalized spacial score (nSPS) is 10.5. The van der Waals surface area contributed by atoms with Gasteiger partial charge in [0.1, 0.15) is 16.5 Å². The molecule has 25 heavy (non-hydrogen) atoms. The van der Waals surface area contributed by atoms with Gasteiger partial charge >= 0.3 is 0 Å². The maximum Gasteiger partial charge on any atom is 0.236 e. The van der Waals surface area contributed by atoms with Crippen LogP contribution in [-0.4, -0.2) is 34.1 Å². The largest absolute Gasteiger partial charge is 0.497 e. The first-order valence-corrected chi connectivity index (χ1v) is 8.47. The topological polar surface area (TPSA) is 90.1 Å². The fourth-order valence-electron chi connectivity index (χ4n) is 2.08. The summed E-state index contributed by atoms with van der Waals surface area (Å²) < 4.78 is 10.1. The number of anilines is 1. The van der Waals surface area contributed by atoms with Gasteiger partial charge in [0.15, 0.2) is 5.82 Å². The van der Waals surface area contributed by atoms with Gasteiger partial charge in [0.25, 0.3) is 0 Å². The summed E-state index contributed by atoms with van der Waals surface area (Å²) in [6.45, 7) is 1.76. The number of carbonyl (C=O) groups is 1. The van der Waals surface area contributed by atoms with Crippen LogP contribution in [0.1, 0.15) is 5.76 Å². The van der Waals surface area contributed by atoms with Crippen LogP contribution in [0.3, 0.4) is 0 Å². The van der Waals surface area contributed by atoms with E-state index in [9.17, 15) is 4.79 Å². The summed E-state index contributed by atoms with van der Waals surface area (Å²) in [6.07, 6.45) is 0. The van der Waals surface area contributed by atoms with Gasteiger partial charge in [0, 0.05) is 11.6 Å². The third kappa shape index (κ3) is 4.57. The highest BCUT2D eigenvalue weighted by Gasteiger charge is 2.08. The lowest BCUT2D eigenvalue weighted by Gasteiger charge is -2.04. The minimum atomic E-state index is -0.183. The lowest BCUT2D eigenvalue weighted by molar-refractivity contribution is -0.113. The van der Waals surface area contributed by atoms with Gasteiger partial charge in [-0.1, -0.05) is 29.1 Å². The molecule has 0 aliphatic rings. The number of thioether (sulfide) groups is 1. The minimum Gasteiger partial charge on any atom is -0.497 e. The number of nitrogens with one attached hydrogen (secondary N) is 1. The molecule has 3 rings (SSSR count). The molecular formula is C17H16N4O3S. The monoisotopic (exact) mass is 356 g/mol. The summed E-state index contributed by atoms with van der Waals surface area (Å²) in [6, 6.07) is 13.0. The van der Waals surface area contributed by atoms with E-state index >= 15 is 0 Å². The molecule has 0 bridgehead atoms. The van der Waals surface area contributed by atoms with Crippen LogP contribution in [0, 0.1) is 6.92 Å². The molecule has 0 saturated carbocycles. The maximum atomic E-state index is 11.9. The number of methoxy groups -OCH3 is 1. The quantitative estimate of drug-likeness (QED) is 0.678. The van der Waals surface area contributed by atoms with Crippen LogP contribution >= 0.6 is 11.8 Å². The summed E-state index contributed by atoms with van der Waals surface area (Å²) in [5.41, 5.74) is 1.66. The van der Waals surface area contributed by atoms with Crippen LogP contribution in [0.2, 0.25) is 0 Å². The molecule has 0 aliphatic heterocycles. The third-order valence-corrected chi connectivity index (χ3v) is 4.17. The van der Waals surface area contributed by atoms with Gasteiger partial charge in [0.05, 0.1) is 18.6 Å². The van der Waals surface area contributed by atoms with Gasteiger partial charge in [-0.25, -0.2) is 0 Å². The van der Waals surface area contributed by atoms with Gasteiger partial charge in [-0.2, -0.15) is 0 Å². The number of hydrogen-bond donors (Lipinski definition) is 1. The third-order valence-electron chi connectivity index (χ3n) is 3.25. The lowest BCUT2D eigenvalue weighted by atomic mass is 10.1. The number of carbonyl (C=O) groups excluding carboxylic acids is 1. The van der Waals surface area contributed by atoms with Crippen molar-refractivity contribution in [1.29, 1.82) is 0 Å². The number of aryl methyl sites for hydroxylation is 1. The summed E-state index contributed by atoms with van der Waals surface area (Å²) in [5, 5.41) is 15.4. The Labute approximate surface area is 148 Å². The Morgan fingerprint density at radius 2 is 2.12 bits per heavy atom. The molecule has 3 aromatic rings. The van der Waals surface area contributed by atoms with Crippen LogP contribution in [0.4, 0.5) is 5.82 Å². The van der Waals surface area contributed by atoms with E-state index in [0.717, 1.165) is 17.0 Å². The van der Waals surface area contributed by atoms with Crippen molar-refractivity contribution in [1.82, 2.24) is 15.4 Å². The number of benzene rings is 1. The number of amides is 1. The van der Waals surface area contributed by atoms with Crippen molar-refractivity contribution in [3.63, 3.8) is 0 Å². The number of rotatable bonds is 6. The van der Waals surface area contributed by atoms with Gasteiger partial charge in [-0.15, -0.1) is 10.2 Å². The Morgan fingerprint density at radius 1 is 1.24 bits per heavy atom. The highest BCUT2D eigenvalue weighted by Crippen LogP contribution is 2.23. The Kier molecular flexibility index (Phi) is 5.30. The predicted molar refractivity (Wildman–Crippen MR) is 94.6 cm³/mol. The molecule has 1 N–H and O–H groups in total. The standard InChI is InChI=1S/C17H16N4O3S/c1-11-8-15(21-24-11)18-16(22)10-25-17-7-6-14(19-20-17)12-4-3-5-13(9-12)23-2/h3-9H,10H2,1-2H3,(H,18,21,22). The average molecular weight is 356 g/mol. The van der Waals surface area contributed by atoms with E-state index in [0.29, 0.717) is 16.6 Å². The SMILES string of the molecule is COc1cccc(-c2ccc(SCC(=O)Nc3cc(C)on3)nn2)c1. The molecule has 0 aliphatic carbocycles. The second kappa shape index (κ2) is 7.80. The average Bonchev–Trinajstić information content (AvgIpc) is 3.05. The zero-order valence-corrected chi connectivity index (χ0v) is 14.5. The van der Waals surface area contributed by atoms with Crippen LogP contribution in [0.25, 0.3) is 11.3 Å². The molecule has 128 valence electrons. The zero-order valence-electron chi connectivity index (χ0n) is 13.7. The molecule has 2 heterocycles. The van der Waals surface area contributed by atoms with E-state index in [1.165, 1.54) is 11.8 Å². The fourth-order valence-corrected chi connectivity index (χ4v) is 2.69. The summed E-state index contributed by atoms with van der Waals surface area (Å²) in [4.78, 5) is 11.9. The van der Waals surface area contributed by atoms with E-state index in [1.807, 2.05) is 36.4 Å². The molecule has 2 aromatic heterocycles. The Balaban J connectivity index is 1.58. The van der Waals surface area contributed by atoms with E-state index in [4.69, 9.17) is 9.26 Å². The molecule has 0 atom stereocenters. The summed E-state index contributed by atoms with van der Waals surface area (Å²) in [7, 11) is 1.62. The second-order valence-corrected chi connectivity index (χ2v) is 6.14. The predicted octanol–water partition coefficient (Wildman–Crippen LogP) is 3.18.